The first-order valence-corrected chi connectivity index (χ1v) is 5.86. The van der Waals surface area contributed by atoms with Gasteiger partial charge in [-0.2, -0.15) is 0 Å². The maximum absolute atomic E-state index is 11.9. The van der Waals surface area contributed by atoms with Crippen LogP contribution in [0.5, 0.6) is 5.75 Å². The number of hydrogen-bond acceptors (Lipinski definition) is 3. The van der Waals surface area contributed by atoms with Crippen LogP contribution in [0.2, 0.25) is 0 Å². The lowest BCUT2D eigenvalue weighted by molar-refractivity contribution is -0.120. The second-order valence-electron chi connectivity index (χ2n) is 3.96. The van der Waals surface area contributed by atoms with Gasteiger partial charge in [-0.1, -0.05) is 13.8 Å². The van der Waals surface area contributed by atoms with Crippen LogP contribution in [0, 0.1) is 5.92 Å². The summed E-state index contributed by atoms with van der Waals surface area (Å²) in [4.78, 5) is 11.9. The minimum absolute atomic E-state index is 0.0129. The maximum Gasteiger partial charge on any atom is 0.227 e. The highest BCUT2D eigenvalue weighted by atomic mass is 16.5. The highest BCUT2D eigenvalue weighted by Gasteiger charge is 2.15. The van der Waals surface area contributed by atoms with Gasteiger partial charge in [0.2, 0.25) is 5.91 Å². The number of ether oxygens (including phenoxy) is 1. The number of nitrogens with one attached hydrogen (secondary N) is 1. The van der Waals surface area contributed by atoms with E-state index in [1.54, 1.807) is 25.3 Å². The Hall–Kier alpha value is -1.71. The average Bonchev–Trinajstić information content (AvgIpc) is 2.31. The number of carbonyl (C=O) groups excluding carboxylic acids is 1. The zero-order valence-corrected chi connectivity index (χ0v) is 10.6. The third-order valence-corrected chi connectivity index (χ3v) is 2.84. The van der Waals surface area contributed by atoms with Crippen LogP contribution < -0.4 is 15.8 Å². The number of rotatable bonds is 5. The van der Waals surface area contributed by atoms with E-state index in [4.69, 9.17) is 10.5 Å². The molecule has 94 valence electrons. The molecule has 0 saturated carbocycles. The first-order valence-electron chi connectivity index (χ1n) is 5.86. The number of amides is 1. The van der Waals surface area contributed by atoms with Crippen LogP contribution in [0.1, 0.15) is 26.7 Å². The van der Waals surface area contributed by atoms with Crippen molar-refractivity contribution >= 4 is 17.3 Å². The highest BCUT2D eigenvalue weighted by Crippen LogP contribution is 2.27. The molecule has 0 spiro atoms. The van der Waals surface area contributed by atoms with E-state index < -0.39 is 0 Å². The van der Waals surface area contributed by atoms with Crippen LogP contribution in [-0.2, 0) is 4.79 Å². The van der Waals surface area contributed by atoms with E-state index in [0.717, 1.165) is 12.8 Å². The Kier molecular flexibility index (Phi) is 4.82. The summed E-state index contributed by atoms with van der Waals surface area (Å²) in [7, 11) is 1.57. The van der Waals surface area contributed by atoms with E-state index in [-0.39, 0.29) is 11.8 Å². The lowest BCUT2D eigenvalue weighted by Gasteiger charge is -2.15. The number of anilines is 2. The Morgan fingerprint density at radius 1 is 1.41 bits per heavy atom. The van der Waals surface area contributed by atoms with E-state index in [2.05, 4.69) is 5.32 Å². The van der Waals surface area contributed by atoms with Gasteiger partial charge in [0, 0.05) is 11.6 Å². The molecule has 4 nitrogen and oxygen atoms in total. The van der Waals surface area contributed by atoms with E-state index in [1.165, 1.54) is 0 Å². The minimum atomic E-state index is 0.0129. The zero-order valence-electron chi connectivity index (χ0n) is 10.6. The van der Waals surface area contributed by atoms with Crippen molar-refractivity contribution < 1.29 is 9.53 Å². The topological polar surface area (TPSA) is 64.4 Å². The zero-order chi connectivity index (χ0) is 12.8. The minimum Gasteiger partial charge on any atom is -0.495 e. The van der Waals surface area contributed by atoms with Gasteiger partial charge in [0.15, 0.2) is 0 Å². The van der Waals surface area contributed by atoms with Gasteiger partial charge < -0.3 is 15.8 Å². The molecule has 0 unspecified atom stereocenters. The van der Waals surface area contributed by atoms with Gasteiger partial charge in [0.05, 0.1) is 12.8 Å². The van der Waals surface area contributed by atoms with Crippen molar-refractivity contribution in [1.82, 2.24) is 0 Å². The third-order valence-electron chi connectivity index (χ3n) is 2.84. The Morgan fingerprint density at radius 2 is 2.06 bits per heavy atom. The van der Waals surface area contributed by atoms with Crippen molar-refractivity contribution in [3.05, 3.63) is 18.2 Å². The van der Waals surface area contributed by atoms with E-state index in [1.807, 2.05) is 13.8 Å². The first kappa shape index (κ1) is 13.4. The van der Waals surface area contributed by atoms with Gasteiger partial charge in [-0.25, -0.2) is 0 Å². The molecule has 1 amide bonds. The predicted octanol–water partition coefficient (Wildman–Crippen LogP) is 2.65. The first-order chi connectivity index (χ1) is 8.12. The molecule has 0 fully saturated rings. The molecule has 17 heavy (non-hydrogen) atoms. The number of hydrogen-bond donors (Lipinski definition) is 2. The molecule has 4 heteroatoms. The standard InChI is InChI=1S/C13H20N2O2/c1-4-9(5-2)13(16)15-11-8-10(14)6-7-12(11)17-3/h6-9H,4-5,14H2,1-3H3,(H,15,16). The van der Waals surface area contributed by atoms with Crippen molar-refractivity contribution in [3.63, 3.8) is 0 Å². The molecule has 0 bridgehead atoms. The molecule has 3 N–H and O–H groups in total. The van der Waals surface area contributed by atoms with Crippen molar-refractivity contribution in [2.45, 2.75) is 26.7 Å². The molecule has 0 aliphatic heterocycles. The number of nitrogen functional groups attached to an aromatic ring is 1. The van der Waals surface area contributed by atoms with Crippen LogP contribution in [0.15, 0.2) is 18.2 Å². The van der Waals surface area contributed by atoms with Crippen molar-refractivity contribution in [2.24, 2.45) is 5.92 Å². The predicted molar refractivity (Wildman–Crippen MR) is 70.1 cm³/mol. The number of benzene rings is 1. The summed E-state index contributed by atoms with van der Waals surface area (Å²) in [5.41, 5.74) is 6.92. The van der Waals surface area contributed by atoms with Gasteiger partial charge in [0.25, 0.3) is 0 Å². The lowest BCUT2D eigenvalue weighted by atomic mass is 10.0. The molecule has 0 aliphatic rings. The molecule has 1 rings (SSSR count). The summed E-state index contributed by atoms with van der Waals surface area (Å²) in [5, 5.41) is 2.86. The van der Waals surface area contributed by atoms with E-state index in [0.29, 0.717) is 17.1 Å². The molecule has 0 atom stereocenters. The summed E-state index contributed by atoms with van der Waals surface area (Å²) in [6, 6.07) is 5.20. The SMILES string of the molecule is CCC(CC)C(=O)Nc1cc(N)ccc1OC. The van der Waals surface area contributed by atoms with Gasteiger partial charge in [-0.3, -0.25) is 4.79 Å². The van der Waals surface area contributed by atoms with Gasteiger partial charge in [-0.05, 0) is 31.0 Å². The lowest BCUT2D eigenvalue weighted by Crippen LogP contribution is -2.22. The van der Waals surface area contributed by atoms with Gasteiger partial charge in [-0.15, -0.1) is 0 Å². The molecule has 1 aromatic carbocycles. The molecule has 1 aromatic rings. The van der Waals surface area contributed by atoms with Crippen LogP contribution >= 0.6 is 0 Å². The normalized spacial score (nSPS) is 10.4. The number of carbonyl (C=O) groups is 1. The Morgan fingerprint density at radius 3 is 2.59 bits per heavy atom. The summed E-state index contributed by atoms with van der Waals surface area (Å²) >= 11 is 0. The summed E-state index contributed by atoms with van der Waals surface area (Å²) in [6.45, 7) is 4.01. The average molecular weight is 236 g/mol. The molecule has 0 radical (unpaired) electrons. The summed E-state index contributed by atoms with van der Waals surface area (Å²) < 4.78 is 5.18. The number of methoxy groups -OCH3 is 1. The molecule has 0 heterocycles. The largest absolute Gasteiger partial charge is 0.495 e. The Labute approximate surface area is 102 Å². The second kappa shape index (κ2) is 6.13. The summed E-state index contributed by atoms with van der Waals surface area (Å²) in [6.07, 6.45) is 1.65. The van der Waals surface area contributed by atoms with Crippen LogP contribution in [0.4, 0.5) is 11.4 Å². The molecular formula is C13H20N2O2. The highest BCUT2D eigenvalue weighted by molar-refractivity contribution is 5.94. The van der Waals surface area contributed by atoms with Crippen molar-refractivity contribution in [3.8, 4) is 5.75 Å². The molecular weight excluding hydrogens is 216 g/mol. The van der Waals surface area contributed by atoms with Crippen LogP contribution in [-0.4, -0.2) is 13.0 Å². The molecule has 0 aliphatic carbocycles. The van der Waals surface area contributed by atoms with Crippen LogP contribution in [0.25, 0.3) is 0 Å². The van der Waals surface area contributed by atoms with Gasteiger partial charge >= 0.3 is 0 Å². The quantitative estimate of drug-likeness (QED) is 0.772. The fraction of sp³-hybridized carbons (Fsp3) is 0.462. The van der Waals surface area contributed by atoms with E-state index >= 15 is 0 Å². The summed E-state index contributed by atoms with van der Waals surface area (Å²) in [5.74, 6) is 0.665. The Bertz CT molecular complexity index is 387. The van der Waals surface area contributed by atoms with Crippen molar-refractivity contribution in [1.29, 1.82) is 0 Å². The van der Waals surface area contributed by atoms with Crippen molar-refractivity contribution in [2.75, 3.05) is 18.2 Å². The third kappa shape index (κ3) is 3.37. The monoisotopic (exact) mass is 236 g/mol. The van der Waals surface area contributed by atoms with Gasteiger partial charge in [0.1, 0.15) is 5.75 Å². The fourth-order valence-electron chi connectivity index (χ4n) is 1.72. The molecule has 0 aromatic heterocycles. The van der Waals surface area contributed by atoms with E-state index in [9.17, 15) is 4.79 Å². The maximum atomic E-state index is 11.9. The second-order valence-corrected chi connectivity index (χ2v) is 3.96. The molecule has 0 saturated heterocycles. The Balaban J connectivity index is 2.86. The smallest absolute Gasteiger partial charge is 0.227 e. The fourth-order valence-corrected chi connectivity index (χ4v) is 1.72. The number of nitrogens with two attached hydrogens (primary N) is 1. The van der Waals surface area contributed by atoms with Crippen LogP contribution in [0.3, 0.4) is 0 Å².